The molecule has 0 bridgehead atoms. The van der Waals surface area contributed by atoms with E-state index in [0.29, 0.717) is 12.3 Å². The molecule has 0 aromatic carbocycles. The molecule has 1 N–H and O–H groups in total. The summed E-state index contributed by atoms with van der Waals surface area (Å²) in [5.74, 6) is 0.360. The second-order valence-corrected chi connectivity index (χ2v) is 3.11. The summed E-state index contributed by atoms with van der Waals surface area (Å²) in [6.07, 6.45) is 0. The first kappa shape index (κ1) is 9.64. The van der Waals surface area contributed by atoms with Crippen LogP contribution in [0.4, 0.5) is 0 Å². The lowest BCUT2D eigenvalue weighted by atomic mass is 10.3. The lowest BCUT2D eigenvalue weighted by Gasteiger charge is -1.99. The molecule has 0 fully saturated rings. The van der Waals surface area contributed by atoms with Gasteiger partial charge in [0, 0.05) is 0 Å². The number of hydrogen-bond donors (Lipinski definition) is 1. The predicted octanol–water partition coefficient (Wildman–Crippen LogP) is 1.44. The number of nitrogens with one attached hydrogen (secondary N) is 1. The maximum absolute atomic E-state index is 11.4. The zero-order chi connectivity index (χ0) is 10.8. The Kier molecular flexibility index (Phi) is 2.37. The standard InChI is InChI=1S/C10H11N3O2/c1-3-15-10(14)8-5-4-7-9(13-8)12-6(2)11-7/h4-5H,3H2,1-2H3,(H,11,12,13). The highest BCUT2D eigenvalue weighted by Gasteiger charge is 2.10. The largest absolute Gasteiger partial charge is 0.461 e. The molecule has 2 aromatic rings. The van der Waals surface area contributed by atoms with Crippen molar-refractivity contribution in [2.75, 3.05) is 6.61 Å². The number of aromatic nitrogens is 3. The molecule has 2 heterocycles. The highest BCUT2D eigenvalue weighted by molar-refractivity contribution is 5.89. The third kappa shape index (κ3) is 1.81. The number of hydrogen-bond acceptors (Lipinski definition) is 4. The van der Waals surface area contributed by atoms with E-state index in [9.17, 15) is 4.79 Å². The lowest BCUT2D eigenvalue weighted by Crippen LogP contribution is -2.06. The molecular formula is C10H11N3O2. The third-order valence-corrected chi connectivity index (χ3v) is 1.95. The SMILES string of the molecule is CCOC(=O)c1ccc2[nH]c(C)nc2n1. The number of carbonyl (C=O) groups excluding carboxylic acids is 1. The minimum atomic E-state index is -0.417. The number of nitrogens with zero attached hydrogens (tertiary/aromatic N) is 2. The van der Waals surface area contributed by atoms with Crippen LogP contribution in [0.3, 0.4) is 0 Å². The molecule has 0 amide bonds. The van der Waals surface area contributed by atoms with Crippen molar-refractivity contribution in [3.05, 3.63) is 23.7 Å². The molecule has 0 unspecified atom stereocenters. The minimum Gasteiger partial charge on any atom is -0.461 e. The Morgan fingerprint density at radius 1 is 1.47 bits per heavy atom. The van der Waals surface area contributed by atoms with Gasteiger partial charge in [0.2, 0.25) is 0 Å². The van der Waals surface area contributed by atoms with Crippen LogP contribution in [0.2, 0.25) is 0 Å². The molecular weight excluding hydrogens is 194 g/mol. The van der Waals surface area contributed by atoms with Crippen LogP contribution in [0.5, 0.6) is 0 Å². The molecule has 5 heteroatoms. The number of fused-ring (bicyclic) bond motifs is 1. The first-order chi connectivity index (χ1) is 7.20. The van der Waals surface area contributed by atoms with Gasteiger partial charge in [0.25, 0.3) is 0 Å². The number of esters is 1. The summed E-state index contributed by atoms with van der Waals surface area (Å²) in [7, 11) is 0. The normalized spacial score (nSPS) is 10.5. The number of ether oxygens (including phenoxy) is 1. The van der Waals surface area contributed by atoms with Crippen LogP contribution >= 0.6 is 0 Å². The Morgan fingerprint density at radius 3 is 3.00 bits per heavy atom. The van der Waals surface area contributed by atoms with Crippen LogP contribution in [-0.2, 0) is 4.74 Å². The average Bonchev–Trinajstić information content (AvgIpc) is 2.57. The van der Waals surface area contributed by atoms with Gasteiger partial charge in [-0.05, 0) is 26.0 Å². The van der Waals surface area contributed by atoms with Crippen molar-refractivity contribution in [3.8, 4) is 0 Å². The summed E-state index contributed by atoms with van der Waals surface area (Å²) in [6.45, 7) is 3.94. The van der Waals surface area contributed by atoms with Gasteiger partial charge in [0.1, 0.15) is 5.82 Å². The number of pyridine rings is 1. The Bertz CT molecular complexity index is 504. The van der Waals surface area contributed by atoms with E-state index in [2.05, 4.69) is 15.0 Å². The van der Waals surface area contributed by atoms with E-state index >= 15 is 0 Å². The highest BCUT2D eigenvalue weighted by atomic mass is 16.5. The molecule has 0 atom stereocenters. The quantitative estimate of drug-likeness (QED) is 0.753. The summed E-state index contributed by atoms with van der Waals surface area (Å²) < 4.78 is 4.84. The molecule has 0 radical (unpaired) electrons. The van der Waals surface area contributed by atoms with Gasteiger partial charge in [0.05, 0.1) is 12.1 Å². The monoisotopic (exact) mass is 205 g/mol. The van der Waals surface area contributed by atoms with Gasteiger partial charge >= 0.3 is 5.97 Å². The summed E-state index contributed by atoms with van der Waals surface area (Å²) >= 11 is 0. The van der Waals surface area contributed by atoms with E-state index in [0.717, 1.165) is 11.3 Å². The summed E-state index contributed by atoms with van der Waals surface area (Å²) in [5, 5.41) is 0. The van der Waals surface area contributed by atoms with Crippen LogP contribution in [0.25, 0.3) is 11.2 Å². The maximum atomic E-state index is 11.4. The van der Waals surface area contributed by atoms with Crippen molar-refractivity contribution in [3.63, 3.8) is 0 Å². The van der Waals surface area contributed by atoms with E-state index in [1.54, 1.807) is 19.1 Å². The van der Waals surface area contributed by atoms with Crippen molar-refractivity contribution in [1.29, 1.82) is 0 Å². The van der Waals surface area contributed by atoms with Crippen LogP contribution in [0, 0.1) is 6.92 Å². The zero-order valence-corrected chi connectivity index (χ0v) is 8.57. The number of imidazole rings is 1. The summed E-state index contributed by atoms with van der Waals surface area (Å²) in [6, 6.07) is 3.40. The van der Waals surface area contributed by atoms with Gasteiger partial charge in [-0.1, -0.05) is 0 Å². The first-order valence-electron chi connectivity index (χ1n) is 4.71. The molecule has 0 aliphatic rings. The van der Waals surface area contributed by atoms with Gasteiger partial charge < -0.3 is 9.72 Å². The van der Waals surface area contributed by atoms with Crippen LogP contribution in [0.1, 0.15) is 23.2 Å². The summed E-state index contributed by atoms with van der Waals surface area (Å²) in [4.78, 5) is 22.6. The van der Waals surface area contributed by atoms with Gasteiger partial charge in [-0.2, -0.15) is 0 Å². The van der Waals surface area contributed by atoms with Gasteiger partial charge in [-0.25, -0.2) is 14.8 Å². The molecule has 0 spiro atoms. The van der Waals surface area contributed by atoms with Crippen molar-refractivity contribution < 1.29 is 9.53 Å². The Hall–Kier alpha value is -1.91. The molecule has 2 aromatic heterocycles. The molecule has 15 heavy (non-hydrogen) atoms. The van der Waals surface area contributed by atoms with Crippen LogP contribution < -0.4 is 0 Å². The topological polar surface area (TPSA) is 67.9 Å². The lowest BCUT2D eigenvalue weighted by molar-refractivity contribution is 0.0520. The number of rotatable bonds is 2. The van der Waals surface area contributed by atoms with Crippen molar-refractivity contribution >= 4 is 17.1 Å². The number of aromatic amines is 1. The Labute approximate surface area is 86.5 Å². The number of carbonyl (C=O) groups is 1. The fraction of sp³-hybridized carbons (Fsp3) is 0.300. The molecule has 0 aliphatic carbocycles. The van der Waals surface area contributed by atoms with E-state index in [1.807, 2.05) is 6.92 Å². The highest BCUT2D eigenvalue weighted by Crippen LogP contribution is 2.10. The van der Waals surface area contributed by atoms with Crippen LogP contribution in [0.15, 0.2) is 12.1 Å². The van der Waals surface area contributed by atoms with Crippen molar-refractivity contribution in [2.45, 2.75) is 13.8 Å². The Balaban J connectivity index is 2.41. The smallest absolute Gasteiger partial charge is 0.357 e. The average molecular weight is 205 g/mol. The molecule has 0 saturated heterocycles. The second kappa shape index (κ2) is 3.68. The zero-order valence-electron chi connectivity index (χ0n) is 8.57. The molecule has 2 rings (SSSR count). The van der Waals surface area contributed by atoms with E-state index in [1.165, 1.54) is 0 Å². The summed E-state index contributed by atoms with van der Waals surface area (Å²) in [5.41, 5.74) is 1.65. The third-order valence-electron chi connectivity index (χ3n) is 1.95. The van der Waals surface area contributed by atoms with Crippen molar-refractivity contribution in [1.82, 2.24) is 15.0 Å². The fourth-order valence-electron chi connectivity index (χ4n) is 1.33. The van der Waals surface area contributed by atoms with Gasteiger partial charge in [-0.15, -0.1) is 0 Å². The van der Waals surface area contributed by atoms with E-state index in [4.69, 9.17) is 4.74 Å². The van der Waals surface area contributed by atoms with Crippen molar-refractivity contribution in [2.24, 2.45) is 0 Å². The second-order valence-electron chi connectivity index (χ2n) is 3.11. The molecule has 0 saturated carbocycles. The molecule has 5 nitrogen and oxygen atoms in total. The van der Waals surface area contributed by atoms with Gasteiger partial charge in [0.15, 0.2) is 11.3 Å². The number of aryl methyl sites for hydroxylation is 1. The number of H-pyrrole nitrogens is 1. The maximum Gasteiger partial charge on any atom is 0.357 e. The van der Waals surface area contributed by atoms with E-state index < -0.39 is 5.97 Å². The van der Waals surface area contributed by atoms with E-state index in [-0.39, 0.29) is 5.69 Å². The first-order valence-corrected chi connectivity index (χ1v) is 4.71. The molecule has 78 valence electrons. The Morgan fingerprint density at radius 2 is 2.27 bits per heavy atom. The fourth-order valence-corrected chi connectivity index (χ4v) is 1.33. The van der Waals surface area contributed by atoms with Crippen LogP contribution in [-0.4, -0.2) is 27.5 Å². The minimum absolute atomic E-state index is 0.288. The predicted molar refractivity (Wildman–Crippen MR) is 54.6 cm³/mol. The van der Waals surface area contributed by atoms with Gasteiger partial charge in [-0.3, -0.25) is 0 Å². The molecule has 0 aliphatic heterocycles.